The van der Waals surface area contributed by atoms with E-state index in [-0.39, 0.29) is 16.6 Å². The summed E-state index contributed by atoms with van der Waals surface area (Å²) >= 11 is 12.1. The van der Waals surface area contributed by atoms with Crippen molar-refractivity contribution in [2.24, 2.45) is 10.8 Å². The first-order chi connectivity index (χ1) is 10.2. The molecule has 0 aliphatic carbocycles. The van der Waals surface area contributed by atoms with Crippen LogP contribution in [0.25, 0.3) is 0 Å². The molecule has 0 bridgehead atoms. The fourth-order valence-corrected chi connectivity index (χ4v) is 3.34. The highest BCUT2D eigenvalue weighted by Crippen LogP contribution is 2.39. The first-order valence-corrected chi connectivity index (χ1v) is 8.70. The molecule has 1 aromatic carbocycles. The van der Waals surface area contributed by atoms with Crippen LogP contribution in [0.5, 0.6) is 0 Å². The molecule has 1 aliphatic rings. The van der Waals surface area contributed by atoms with Crippen molar-refractivity contribution in [3.8, 4) is 0 Å². The van der Waals surface area contributed by atoms with Gasteiger partial charge in [0.1, 0.15) is 0 Å². The van der Waals surface area contributed by atoms with E-state index >= 15 is 0 Å². The second-order valence-corrected chi connectivity index (χ2v) is 8.39. The molecule has 1 saturated heterocycles. The van der Waals surface area contributed by atoms with Crippen LogP contribution in [0.1, 0.15) is 56.8 Å². The fraction of sp³-hybridized carbons (Fsp3) is 0.611. The van der Waals surface area contributed by atoms with Gasteiger partial charge >= 0.3 is 0 Å². The number of hydrogen-bond acceptors (Lipinski definition) is 2. The summed E-state index contributed by atoms with van der Waals surface area (Å²) in [5, 5.41) is 4.34. The van der Waals surface area contributed by atoms with E-state index in [1.807, 2.05) is 0 Å². The number of ketones is 1. The number of rotatable bonds is 4. The molecule has 1 fully saturated rings. The highest BCUT2D eigenvalue weighted by Gasteiger charge is 2.40. The maximum Gasteiger partial charge on any atom is 0.170 e. The summed E-state index contributed by atoms with van der Waals surface area (Å²) in [6.45, 7) is 8.41. The second kappa shape index (κ2) is 6.90. The van der Waals surface area contributed by atoms with Crippen LogP contribution in [0.2, 0.25) is 10.0 Å². The number of Topliss-reactive ketones (excluding diaryl/α,β-unsaturated/α-hetero) is 1. The van der Waals surface area contributed by atoms with Crippen molar-refractivity contribution in [3.63, 3.8) is 0 Å². The lowest BCUT2D eigenvalue weighted by molar-refractivity contribution is 0.0692. The number of carbonyl (C=O) groups excluding carboxylic acids is 1. The minimum Gasteiger partial charge on any atom is -0.316 e. The molecule has 1 heterocycles. The minimum absolute atomic E-state index is 0.197. The summed E-state index contributed by atoms with van der Waals surface area (Å²) in [6, 6.07) is 5.22. The highest BCUT2D eigenvalue weighted by molar-refractivity contribution is 6.42. The van der Waals surface area contributed by atoms with Crippen LogP contribution in [0, 0.1) is 10.8 Å². The molecule has 1 aromatic rings. The van der Waals surface area contributed by atoms with E-state index in [4.69, 9.17) is 23.2 Å². The number of nitrogens with one attached hydrogen (secondary N) is 1. The Morgan fingerprint density at radius 3 is 2.55 bits per heavy atom. The molecule has 4 heteroatoms. The predicted molar refractivity (Wildman–Crippen MR) is 94.0 cm³/mol. The van der Waals surface area contributed by atoms with Gasteiger partial charge in [-0.3, -0.25) is 4.79 Å². The lowest BCUT2D eigenvalue weighted by Crippen LogP contribution is -2.46. The van der Waals surface area contributed by atoms with Gasteiger partial charge in [-0.05, 0) is 55.8 Å². The molecule has 0 saturated carbocycles. The van der Waals surface area contributed by atoms with Gasteiger partial charge in [0.25, 0.3) is 0 Å². The van der Waals surface area contributed by atoms with E-state index in [0.717, 1.165) is 38.8 Å². The Labute approximate surface area is 143 Å². The fourth-order valence-electron chi connectivity index (χ4n) is 3.05. The smallest absolute Gasteiger partial charge is 0.170 e. The van der Waals surface area contributed by atoms with Gasteiger partial charge in [0.2, 0.25) is 0 Å². The second-order valence-electron chi connectivity index (χ2n) is 7.58. The third-order valence-corrected chi connectivity index (χ3v) is 5.23. The summed E-state index contributed by atoms with van der Waals surface area (Å²) < 4.78 is 0. The summed E-state index contributed by atoms with van der Waals surface area (Å²) in [5.74, 6) is 0.197. The molecular formula is C18H25Cl2NO. The Bertz CT molecular complexity index is 543. The van der Waals surface area contributed by atoms with Crippen molar-refractivity contribution in [3.05, 3.63) is 33.8 Å². The van der Waals surface area contributed by atoms with Crippen molar-refractivity contribution < 1.29 is 4.79 Å². The van der Waals surface area contributed by atoms with Gasteiger partial charge in [0, 0.05) is 17.5 Å². The van der Waals surface area contributed by atoms with Crippen LogP contribution in [0.15, 0.2) is 18.2 Å². The molecule has 1 N–H and O–H groups in total. The molecule has 2 nitrogen and oxygen atoms in total. The average Bonchev–Trinajstić information content (AvgIpc) is 2.47. The third-order valence-electron chi connectivity index (χ3n) is 4.49. The van der Waals surface area contributed by atoms with E-state index in [9.17, 15) is 4.79 Å². The van der Waals surface area contributed by atoms with Crippen molar-refractivity contribution in [1.82, 2.24) is 5.32 Å². The first kappa shape index (κ1) is 17.8. The standard InChI is InChI=1S/C18H25Cl2NO/c1-17(2,3)8-9-18(7-4-10-21-12-18)16(22)13-5-6-14(19)15(20)11-13/h5-6,11,21H,4,7-10,12H2,1-3H3/t18-/m0/s1. The van der Waals surface area contributed by atoms with Gasteiger partial charge < -0.3 is 5.32 Å². The molecule has 1 atom stereocenters. The van der Waals surface area contributed by atoms with Crippen LogP contribution in [-0.4, -0.2) is 18.9 Å². The SMILES string of the molecule is CC(C)(C)CC[C@@]1(C(=O)c2ccc(Cl)c(Cl)c2)CCCNC1. The minimum atomic E-state index is -0.317. The van der Waals surface area contributed by atoms with Crippen molar-refractivity contribution in [2.45, 2.75) is 46.5 Å². The highest BCUT2D eigenvalue weighted by atomic mass is 35.5. The molecule has 1 aliphatic heterocycles. The van der Waals surface area contributed by atoms with Crippen molar-refractivity contribution >= 4 is 29.0 Å². The van der Waals surface area contributed by atoms with E-state index in [1.54, 1.807) is 18.2 Å². The lowest BCUT2D eigenvalue weighted by Gasteiger charge is -2.38. The number of piperidine rings is 1. The molecular weight excluding hydrogens is 317 g/mol. The number of carbonyl (C=O) groups is 1. The first-order valence-electron chi connectivity index (χ1n) is 7.94. The number of benzene rings is 1. The van der Waals surface area contributed by atoms with Crippen LogP contribution in [0.3, 0.4) is 0 Å². The predicted octanol–water partition coefficient (Wildman–Crippen LogP) is 5.37. The van der Waals surface area contributed by atoms with Gasteiger partial charge in [-0.2, -0.15) is 0 Å². The summed E-state index contributed by atoms with van der Waals surface area (Å²) in [7, 11) is 0. The Balaban J connectivity index is 2.27. The van der Waals surface area contributed by atoms with Crippen molar-refractivity contribution in [2.75, 3.05) is 13.1 Å². The van der Waals surface area contributed by atoms with E-state index in [2.05, 4.69) is 26.1 Å². The monoisotopic (exact) mass is 341 g/mol. The zero-order chi connectivity index (χ0) is 16.4. The molecule has 0 unspecified atom stereocenters. The zero-order valence-electron chi connectivity index (χ0n) is 13.6. The van der Waals surface area contributed by atoms with Crippen LogP contribution >= 0.6 is 23.2 Å². The molecule has 22 heavy (non-hydrogen) atoms. The zero-order valence-corrected chi connectivity index (χ0v) is 15.2. The Morgan fingerprint density at radius 2 is 2.00 bits per heavy atom. The Kier molecular flexibility index (Phi) is 5.58. The van der Waals surface area contributed by atoms with Crippen LogP contribution < -0.4 is 5.32 Å². The quantitative estimate of drug-likeness (QED) is 0.745. The number of hydrogen-bond donors (Lipinski definition) is 1. The van der Waals surface area contributed by atoms with Crippen LogP contribution in [0.4, 0.5) is 0 Å². The summed E-state index contributed by atoms with van der Waals surface area (Å²) in [6.07, 6.45) is 3.91. The number of halogens is 2. The van der Waals surface area contributed by atoms with Gasteiger partial charge in [0.15, 0.2) is 5.78 Å². The average molecular weight is 342 g/mol. The molecule has 122 valence electrons. The Morgan fingerprint density at radius 1 is 1.27 bits per heavy atom. The maximum absolute atomic E-state index is 13.2. The van der Waals surface area contributed by atoms with Gasteiger partial charge in [0.05, 0.1) is 10.0 Å². The normalized spacial score (nSPS) is 22.6. The van der Waals surface area contributed by atoms with Gasteiger partial charge in [-0.15, -0.1) is 0 Å². The van der Waals surface area contributed by atoms with Gasteiger partial charge in [-0.1, -0.05) is 44.0 Å². The largest absolute Gasteiger partial charge is 0.316 e. The van der Waals surface area contributed by atoms with Gasteiger partial charge in [-0.25, -0.2) is 0 Å². The molecule has 0 spiro atoms. The summed E-state index contributed by atoms with van der Waals surface area (Å²) in [4.78, 5) is 13.2. The van der Waals surface area contributed by atoms with Crippen molar-refractivity contribution in [1.29, 1.82) is 0 Å². The lowest BCUT2D eigenvalue weighted by atomic mass is 9.69. The summed E-state index contributed by atoms with van der Waals surface area (Å²) in [5.41, 5.74) is 0.581. The maximum atomic E-state index is 13.2. The Hall–Kier alpha value is -0.570. The van der Waals surface area contributed by atoms with E-state index < -0.39 is 0 Å². The molecule has 0 aromatic heterocycles. The van der Waals surface area contributed by atoms with Crippen LogP contribution in [-0.2, 0) is 0 Å². The molecule has 0 amide bonds. The van der Waals surface area contributed by atoms with E-state index in [0.29, 0.717) is 15.6 Å². The third kappa shape index (κ3) is 4.24. The topological polar surface area (TPSA) is 29.1 Å². The molecule has 2 rings (SSSR count). The van der Waals surface area contributed by atoms with E-state index in [1.165, 1.54) is 0 Å². The molecule has 0 radical (unpaired) electrons.